The number of benzene rings is 3. The first-order valence-corrected chi connectivity index (χ1v) is 9.71. The Morgan fingerprint density at radius 3 is 2.69 bits per heavy atom. The van der Waals surface area contributed by atoms with E-state index < -0.39 is 0 Å². The lowest BCUT2D eigenvalue weighted by Gasteiger charge is -2.14. The largest absolute Gasteiger partial charge is 0.494 e. The number of hydrogen-bond acceptors (Lipinski definition) is 3. The average molecular weight is 386 g/mol. The SMILES string of the molecule is CCCOc1cccc(-c2ccc(NC(=O)c3ccccc3)c3c2CNC3=O)c1. The number of ether oxygens (including phenoxy) is 1. The molecule has 0 radical (unpaired) electrons. The number of carbonyl (C=O) groups excluding carboxylic acids is 2. The standard InChI is InChI=1S/C24H22N2O3/c1-2-13-29-18-10-6-9-17(14-18)19-11-12-21(22-20(19)15-25-24(22)28)26-23(27)16-7-4-3-5-8-16/h3-12,14H,2,13,15H2,1H3,(H,25,28)(H,26,27). The number of carbonyl (C=O) groups is 2. The monoisotopic (exact) mass is 386 g/mol. The second-order valence-corrected chi connectivity index (χ2v) is 6.89. The van der Waals surface area contributed by atoms with E-state index in [4.69, 9.17) is 4.74 Å². The Morgan fingerprint density at radius 1 is 1.07 bits per heavy atom. The van der Waals surface area contributed by atoms with Crippen LogP contribution in [-0.4, -0.2) is 18.4 Å². The molecule has 0 atom stereocenters. The Bertz CT molecular complexity index is 1060. The minimum Gasteiger partial charge on any atom is -0.494 e. The first-order valence-electron chi connectivity index (χ1n) is 9.71. The fourth-order valence-corrected chi connectivity index (χ4v) is 3.48. The van der Waals surface area contributed by atoms with Gasteiger partial charge < -0.3 is 15.4 Å². The van der Waals surface area contributed by atoms with Gasteiger partial charge in [-0.2, -0.15) is 0 Å². The summed E-state index contributed by atoms with van der Waals surface area (Å²) in [6, 6.07) is 20.5. The molecule has 0 unspecified atom stereocenters. The second kappa shape index (κ2) is 8.19. The maximum atomic E-state index is 12.6. The molecule has 0 bridgehead atoms. The summed E-state index contributed by atoms with van der Waals surface area (Å²) in [5.41, 5.74) is 4.40. The van der Waals surface area contributed by atoms with Gasteiger partial charge in [-0.1, -0.05) is 43.3 Å². The number of fused-ring (bicyclic) bond motifs is 1. The summed E-state index contributed by atoms with van der Waals surface area (Å²) in [5.74, 6) is 0.385. The fraction of sp³-hybridized carbons (Fsp3) is 0.167. The van der Waals surface area contributed by atoms with E-state index in [0.29, 0.717) is 30.0 Å². The predicted molar refractivity (Wildman–Crippen MR) is 113 cm³/mol. The zero-order valence-corrected chi connectivity index (χ0v) is 16.2. The molecule has 146 valence electrons. The normalized spacial score (nSPS) is 12.2. The van der Waals surface area contributed by atoms with Crippen molar-refractivity contribution in [3.63, 3.8) is 0 Å². The molecule has 29 heavy (non-hydrogen) atoms. The third-order valence-electron chi connectivity index (χ3n) is 4.87. The molecular formula is C24H22N2O3. The van der Waals surface area contributed by atoms with Crippen molar-refractivity contribution in [1.29, 1.82) is 0 Å². The minimum atomic E-state index is -0.241. The molecule has 3 aromatic rings. The van der Waals surface area contributed by atoms with Crippen LogP contribution in [0, 0.1) is 0 Å². The van der Waals surface area contributed by atoms with Crippen LogP contribution < -0.4 is 15.4 Å². The Balaban J connectivity index is 1.69. The summed E-state index contributed by atoms with van der Waals surface area (Å²) in [5, 5.41) is 5.76. The molecule has 4 rings (SSSR count). The minimum absolute atomic E-state index is 0.177. The number of amides is 2. The van der Waals surface area contributed by atoms with Crippen LogP contribution in [0.25, 0.3) is 11.1 Å². The quantitative estimate of drug-likeness (QED) is 0.649. The average Bonchev–Trinajstić information content (AvgIpc) is 3.15. The fourth-order valence-electron chi connectivity index (χ4n) is 3.48. The Labute approximate surface area is 169 Å². The van der Waals surface area contributed by atoms with Crippen molar-refractivity contribution in [1.82, 2.24) is 5.32 Å². The molecule has 2 amide bonds. The van der Waals surface area contributed by atoms with Gasteiger partial charge in [0, 0.05) is 12.1 Å². The molecule has 5 nitrogen and oxygen atoms in total. The molecule has 0 saturated heterocycles. The molecular weight excluding hydrogens is 364 g/mol. The molecule has 1 aliphatic rings. The number of nitrogens with one attached hydrogen (secondary N) is 2. The van der Waals surface area contributed by atoms with E-state index in [1.807, 2.05) is 48.5 Å². The van der Waals surface area contributed by atoms with Crippen molar-refractivity contribution < 1.29 is 14.3 Å². The van der Waals surface area contributed by atoms with E-state index >= 15 is 0 Å². The first kappa shape index (κ1) is 18.7. The van der Waals surface area contributed by atoms with Crippen LogP contribution in [-0.2, 0) is 6.54 Å². The number of hydrogen-bond donors (Lipinski definition) is 2. The topological polar surface area (TPSA) is 67.4 Å². The van der Waals surface area contributed by atoms with Gasteiger partial charge in [-0.15, -0.1) is 0 Å². The molecule has 2 N–H and O–H groups in total. The molecule has 0 fully saturated rings. The van der Waals surface area contributed by atoms with Crippen molar-refractivity contribution in [2.45, 2.75) is 19.9 Å². The van der Waals surface area contributed by atoms with Crippen molar-refractivity contribution >= 4 is 17.5 Å². The Kier molecular flexibility index (Phi) is 5.29. The highest BCUT2D eigenvalue weighted by Gasteiger charge is 2.27. The lowest BCUT2D eigenvalue weighted by atomic mass is 9.95. The van der Waals surface area contributed by atoms with Crippen LogP contribution in [0.3, 0.4) is 0 Å². The molecule has 0 aliphatic carbocycles. The zero-order valence-electron chi connectivity index (χ0n) is 16.2. The molecule has 3 aromatic carbocycles. The zero-order chi connectivity index (χ0) is 20.2. The van der Waals surface area contributed by atoms with Crippen LogP contribution in [0.4, 0.5) is 5.69 Å². The van der Waals surface area contributed by atoms with E-state index in [2.05, 4.69) is 17.6 Å². The highest BCUT2D eigenvalue weighted by molar-refractivity contribution is 6.11. The van der Waals surface area contributed by atoms with Gasteiger partial charge in [0.15, 0.2) is 0 Å². The molecule has 1 heterocycles. The van der Waals surface area contributed by atoms with Gasteiger partial charge in [0.1, 0.15) is 5.75 Å². The van der Waals surface area contributed by atoms with Gasteiger partial charge in [-0.25, -0.2) is 0 Å². The van der Waals surface area contributed by atoms with Crippen molar-refractivity contribution in [2.75, 3.05) is 11.9 Å². The van der Waals surface area contributed by atoms with Crippen LogP contribution in [0.15, 0.2) is 66.7 Å². The predicted octanol–water partition coefficient (Wildman–Crippen LogP) is 4.64. The van der Waals surface area contributed by atoms with E-state index in [-0.39, 0.29) is 11.8 Å². The van der Waals surface area contributed by atoms with Gasteiger partial charge >= 0.3 is 0 Å². The van der Waals surface area contributed by atoms with E-state index in [1.54, 1.807) is 18.2 Å². The summed E-state index contributed by atoms with van der Waals surface area (Å²) < 4.78 is 5.74. The number of rotatable bonds is 6. The highest BCUT2D eigenvalue weighted by Crippen LogP contribution is 2.35. The summed E-state index contributed by atoms with van der Waals surface area (Å²) in [6.07, 6.45) is 0.938. The summed E-state index contributed by atoms with van der Waals surface area (Å²) in [7, 11) is 0. The Hall–Kier alpha value is -3.60. The lowest BCUT2D eigenvalue weighted by molar-refractivity contribution is 0.0966. The third kappa shape index (κ3) is 3.85. The first-order chi connectivity index (χ1) is 14.2. The van der Waals surface area contributed by atoms with E-state index in [1.165, 1.54) is 0 Å². The van der Waals surface area contributed by atoms with Gasteiger partial charge in [0.2, 0.25) is 0 Å². The molecule has 5 heteroatoms. The number of anilines is 1. The van der Waals surface area contributed by atoms with Crippen LogP contribution in [0.5, 0.6) is 5.75 Å². The molecule has 0 saturated carbocycles. The van der Waals surface area contributed by atoms with Crippen molar-refractivity contribution in [2.24, 2.45) is 0 Å². The van der Waals surface area contributed by atoms with Crippen LogP contribution >= 0.6 is 0 Å². The molecule has 0 aromatic heterocycles. The van der Waals surface area contributed by atoms with Crippen molar-refractivity contribution in [3.8, 4) is 16.9 Å². The maximum Gasteiger partial charge on any atom is 0.255 e. The van der Waals surface area contributed by atoms with Gasteiger partial charge in [0.25, 0.3) is 11.8 Å². The smallest absolute Gasteiger partial charge is 0.255 e. The lowest BCUT2D eigenvalue weighted by Crippen LogP contribution is -2.17. The van der Waals surface area contributed by atoms with E-state index in [0.717, 1.165) is 28.9 Å². The molecule has 1 aliphatic heterocycles. The van der Waals surface area contributed by atoms with E-state index in [9.17, 15) is 9.59 Å². The van der Waals surface area contributed by atoms with Gasteiger partial charge in [-0.05, 0) is 53.4 Å². The molecule has 0 spiro atoms. The highest BCUT2D eigenvalue weighted by atomic mass is 16.5. The van der Waals surface area contributed by atoms with Crippen LogP contribution in [0.1, 0.15) is 39.6 Å². The summed E-state index contributed by atoms with van der Waals surface area (Å²) >= 11 is 0. The third-order valence-corrected chi connectivity index (χ3v) is 4.87. The Morgan fingerprint density at radius 2 is 1.90 bits per heavy atom. The van der Waals surface area contributed by atoms with Crippen LogP contribution in [0.2, 0.25) is 0 Å². The summed E-state index contributed by atoms with van der Waals surface area (Å²) in [4.78, 5) is 25.1. The van der Waals surface area contributed by atoms with Gasteiger partial charge in [-0.3, -0.25) is 9.59 Å². The maximum absolute atomic E-state index is 12.6. The second-order valence-electron chi connectivity index (χ2n) is 6.89. The summed E-state index contributed by atoms with van der Waals surface area (Å²) in [6.45, 7) is 3.15. The van der Waals surface area contributed by atoms with Gasteiger partial charge in [0.05, 0.1) is 17.9 Å². The van der Waals surface area contributed by atoms with Crippen molar-refractivity contribution in [3.05, 3.63) is 83.4 Å².